The second-order valence-electron chi connectivity index (χ2n) is 2.50. The summed E-state index contributed by atoms with van der Waals surface area (Å²) in [5, 5.41) is 0. The van der Waals surface area contributed by atoms with Gasteiger partial charge in [-0.2, -0.15) is 0 Å². The van der Waals surface area contributed by atoms with Crippen molar-refractivity contribution in [3.63, 3.8) is 0 Å². The van der Waals surface area contributed by atoms with Gasteiger partial charge in [0.1, 0.15) is 0 Å². The SMILES string of the molecule is C=CCC(C)(C)S(=O)O. The quantitative estimate of drug-likeness (QED) is 0.487. The molecule has 1 N–H and O–H groups in total. The fourth-order valence-corrected chi connectivity index (χ4v) is 0.679. The molecule has 0 radical (unpaired) electrons. The summed E-state index contributed by atoms with van der Waals surface area (Å²) in [5.41, 5.74) is 0. The highest BCUT2D eigenvalue weighted by atomic mass is 32.2. The van der Waals surface area contributed by atoms with E-state index >= 15 is 0 Å². The van der Waals surface area contributed by atoms with Crippen LogP contribution in [0.4, 0.5) is 0 Å². The molecule has 0 fully saturated rings. The van der Waals surface area contributed by atoms with Crippen LogP contribution in [0.25, 0.3) is 0 Å². The first-order valence-electron chi connectivity index (χ1n) is 2.72. The summed E-state index contributed by atoms with van der Waals surface area (Å²) in [6, 6.07) is 0. The van der Waals surface area contributed by atoms with Gasteiger partial charge < -0.3 is 4.55 Å². The summed E-state index contributed by atoms with van der Waals surface area (Å²) in [5.74, 6) is 0. The standard InChI is InChI=1S/C6H12O2S/c1-4-5-6(2,3)9(7)8/h4H,1,5H2,2-3H3,(H,7,8). The van der Waals surface area contributed by atoms with Gasteiger partial charge in [0.15, 0.2) is 11.1 Å². The molecule has 0 rings (SSSR count). The molecule has 0 spiro atoms. The van der Waals surface area contributed by atoms with Crippen molar-refractivity contribution >= 4 is 11.1 Å². The van der Waals surface area contributed by atoms with Crippen LogP contribution in [0.15, 0.2) is 12.7 Å². The normalized spacial score (nSPS) is 15.0. The molecular formula is C6H12O2S. The molecule has 0 amide bonds. The van der Waals surface area contributed by atoms with Crippen molar-refractivity contribution in [3.8, 4) is 0 Å². The Balaban J connectivity index is 4.00. The van der Waals surface area contributed by atoms with Gasteiger partial charge in [-0.1, -0.05) is 6.08 Å². The smallest absolute Gasteiger partial charge is 0.158 e. The van der Waals surface area contributed by atoms with E-state index in [2.05, 4.69) is 6.58 Å². The average Bonchev–Trinajstić information content (AvgIpc) is 1.65. The van der Waals surface area contributed by atoms with Crippen molar-refractivity contribution < 1.29 is 8.76 Å². The van der Waals surface area contributed by atoms with E-state index in [1.807, 2.05) is 0 Å². The Morgan fingerprint density at radius 2 is 2.22 bits per heavy atom. The molecule has 2 nitrogen and oxygen atoms in total. The van der Waals surface area contributed by atoms with Gasteiger partial charge in [0.2, 0.25) is 0 Å². The third-order valence-electron chi connectivity index (χ3n) is 1.11. The molecule has 9 heavy (non-hydrogen) atoms. The van der Waals surface area contributed by atoms with Crippen LogP contribution in [-0.4, -0.2) is 13.5 Å². The van der Waals surface area contributed by atoms with Crippen LogP contribution in [-0.2, 0) is 11.1 Å². The summed E-state index contributed by atoms with van der Waals surface area (Å²) < 4.78 is 18.6. The Bertz CT molecular complexity index is 129. The van der Waals surface area contributed by atoms with Gasteiger partial charge in [-0.3, -0.25) is 0 Å². The summed E-state index contributed by atoms with van der Waals surface area (Å²) >= 11 is -1.75. The molecule has 0 aliphatic rings. The number of hydrogen-bond acceptors (Lipinski definition) is 1. The number of allylic oxidation sites excluding steroid dienone is 1. The molecule has 54 valence electrons. The predicted molar refractivity (Wildman–Crippen MR) is 39.7 cm³/mol. The summed E-state index contributed by atoms with van der Waals surface area (Å²) in [6.45, 7) is 6.94. The number of rotatable bonds is 3. The molecule has 0 bridgehead atoms. The van der Waals surface area contributed by atoms with E-state index < -0.39 is 15.8 Å². The predicted octanol–water partition coefficient (Wildman–Crippen LogP) is 1.56. The van der Waals surface area contributed by atoms with Crippen molar-refractivity contribution in [1.29, 1.82) is 0 Å². The van der Waals surface area contributed by atoms with E-state index in [1.165, 1.54) is 0 Å². The molecule has 0 aromatic rings. The molecule has 1 unspecified atom stereocenters. The van der Waals surface area contributed by atoms with Gasteiger partial charge in [0.25, 0.3) is 0 Å². The molecule has 0 aromatic carbocycles. The molecule has 0 saturated heterocycles. The maximum absolute atomic E-state index is 10.5. The van der Waals surface area contributed by atoms with E-state index in [1.54, 1.807) is 19.9 Å². The van der Waals surface area contributed by atoms with Gasteiger partial charge in [0.05, 0.1) is 4.75 Å². The Hall–Kier alpha value is -0.150. The third-order valence-corrected chi connectivity index (χ3v) is 2.22. The van der Waals surface area contributed by atoms with Crippen LogP contribution in [0.2, 0.25) is 0 Å². The number of hydrogen-bond donors (Lipinski definition) is 1. The Labute approximate surface area is 58.3 Å². The van der Waals surface area contributed by atoms with Gasteiger partial charge in [-0.15, -0.1) is 6.58 Å². The topological polar surface area (TPSA) is 37.3 Å². The van der Waals surface area contributed by atoms with Crippen molar-refractivity contribution in [2.24, 2.45) is 0 Å². The lowest BCUT2D eigenvalue weighted by molar-refractivity contribution is 0.517. The maximum Gasteiger partial charge on any atom is 0.158 e. The first-order valence-corrected chi connectivity index (χ1v) is 3.83. The van der Waals surface area contributed by atoms with E-state index in [4.69, 9.17) is 4.55 Å². The van der Waals surface area contributed by atoms with Gasteiger partial charge in [-0.05, 0) is 20.3 Å². The minimum atomic E-state index is -1.75. The third kappa shape index (κ3) is 2.77. The van der Waals surface area contributed by atoms with E-state index in [0.717, 1.165) is 0 Å². The summed E-state index contributed by atoms with van der Waals surface area (Å²) in [6.07, 6.45) is 2.21. The average molecular weight is 148 g/mol. The molecule has 0 aromatic heterocycles. The van der Waals surface area contributed by atoms with E-state index in [-0.39, 0.29) is 0 Å². The lowest BCUT2D eigenvalue weighted by Crippen LogP contribution is -2.24. The Morgan fingerprint density at radius 3 is 2.33 bits per heavy atom. The Kier molecular flexibility index (Phi) is 3.08. The fraction of sp³-hybridized carbons (Fsp3) is 0.667. The highest BCUT2D eigenvalue weighted by Gasteiger charge is 2.22. The van der Waals surface area contributed by atoms with Gasteiger partial charge in [0, 0.05) is 0 Å². The zero-order valence-corrected chi connectivity index (χ0v) is 6.57. The first-order chi connectivity index (χ1) is 4.00. The largest absolute Gasteiger partial charge is 0.306 e. The fourth-order valence-electron chi connectivity index (χ4n) is 0.419. The van der Waals surface area contributed by atoms with E-state index in [9.17, 15) is 4.21 Å². The molecule has 3 heteroatoms. The summed E-state index contributed by atoms with van der Waals surface area (Å²) in [7, 11) is 0. The zero-order chi connectivity index (χ0) is 7.49. The molecule has 1 atom stereocenters. The lowest BCUT2D eigenvalue weighted by atomic mass is 10.1. The summed E-state index contributed by atoms with van der Waals surface area (Å²) in [4.78, 5) is 0. The van der Waals surface area contributed by atoms with Crippen molar-refractivity contribution in [2.75, 3.05) is 0 Å². The van der Waals surface area contributed by atoms with Crippen LogP contribution in [0.1, 0.15) is 20.3 Å². The van der Waals surface area contributed by atoms with Crippen LogP contribution in [0.3, 0.4) is 0 Å². The molecular weight excluding hydrogens is 136 g/mol. The minimum Gasteiger partial charge on any atom is -0.306 e. The molecule has 0 heterocycles. The highest BCUT2D eigenvalue weighted by Crippen LogP contribution is 2.15. The second kappa shape index (κ2) is 3.13. The second-order valence-corrected chi connectivity index (χ2v) is 4.11. The zero-order valence-electron chi connectivity index (χ0n) is 5.76. The van der Waals surface area contributed by atoms with Crippen LogP contribution in [0.5, 0.6) is 0 Å². The highest BCUT2D eigenvalue weighted by molar-refractivity contribution is 7.80. The maximum atomic E-state index is 10.5. The van der Waals surface area contributed by atoms with Crippen LogP contribution < -0.4 is 0 Å². The first kappa shape index (κ1) is 8.85. The molecule has 0 aliphatic carbocycles. The lowest BCUT2D eigenvalue weighted by Gasteiger charge is -2.16. The molecule has 0 aliphatic heterocycles. The van der Waals surface area contributed by atoms with Crippen molar-refractivity contribution in [2.45, 2.75) is 25.0 Å². The van der Waals surface area contributed by atoms with Crippen LogP contribution in [0, 0.1) is 0 Å². The van der Waals surface area contributed by atoms with Crippen LogP contribution >= 0.6 is 0 Å². The van der Waals surface area contributed by atoms with E-state index in [0.29, 0.717) is 6.42 Å². The van der Waals surface area contributed by atoms with Gasteiger partial charge >= 0.3 is 0 Å². The minimum absolute atomic E-state index is 0.540. The monoisotopic (exact) mass is 148 g/mol. The molecule has 0 saturated carbocycles. The van der Waals surface area contributed by atoms with Gasteiger partial charge in [-0.25, -0.2) is 4.21 Å². The Morgan fingerprint density at radius 1 is 1.78 bits per heavy atom. The van der Waals surface area contributed by atoms with Crippen molar-refractivity contribution in [3.05, 3.63) is 12.7 Å². The van der Waals surface area contributed by atoms with Crippen molar-refractivity contribution in [1.82, 2.24) is 0 Å².